The van der Waals surface area contributed by atoms with E-state index >= 15 is 0 Å². The highest BCUT2D eigenvalue weighted by Gasteiger charge is 1.99. The van der Waals surface area contributed by atoms with Crippen molar-refractivity contribution < 1.29 is 14.3 Å². The number of carbonyl (C=O) groups is 1. The van der Waals surface area contributed by atoms with Crippen LogP contribution in [-0.4, -0.2) is 38.4 Å². The van der Waals surface area contributed by atoms with E-state index in [0.717, 1.165) is 0 Å². The number of hydrogen-bond donors (Lipinski definition) is 1. The zero-order chi connectivity index (χ0) is 10.1. The van der Waals surface area contributed by atoms with E-state index in [9.17, 15) is 4.79 Å². The van der Waals surface area contributed by atoms with Gasteiger partial charge in [0.05, 0.1) is 12.7 Å². The third kappa shape index (κ3) is 9.30. The molecule has 0 fully saturated rings. The van der Waals surface area contributed by atoms with Crippen LogP contribution in [0.4, 0.5) is 0 Å². The fourth-order valence-electron chi connectivity index (χ4n) is 0.731. The molecule has 0 aromatic carbocycles. The van der Waals surface area contributed by atoms with Crippen molar-refractivity contribution in [3.63, 3.8) is 0 Å². The van der Waals surface area contributed by atoms with Gasteiger partial charge in [-0.1, -0.05) is 0 Å². The van der Waals surface area contributed by atoms with Crippen molar-refractivity contribution in [2.45, 2.75) is 26.9 Å². The van der Waals surface area contributed by atoms with Crippen molar-refractivity contribution in [1.82, 2.24) is 5.32 Å². The zero-order valence-corrected chi connectivity index (χ0v) is 8.63. The van der Waals surface area contributed by atoms with Crippen molar-refractivity contribution in [1.29, 1.82) is 0 Å². The summed E-state index contributed by atoms with van der Waals surface area (Å²) < 4.78 is 10.2. The van der Waals surface area contributed by atoms with Crippen molar-refractivity contribution in [2.75, 3.05) is 26.4 Å². The van der Waals surface area contributed by atoms with Crippen LogP contribution in [0.15, 0.2) is 0 Å². The Balaban J connectivity index is 3.17. The molecular formula is C9H19NO3. The topological polar surface area (TPSA) is 47.6 Å². The average molecular weight is 189 g/mol. The summed E-state index contributed by atoms with van der Waals surface area (Å²) in [6, 6.07) is 0. The molecule has 4 nitrogen and oxygen atoms in total. The average Bonchev–Trinajstić information content (AvgIpc) is 2.08. The Morgan fingerprint density at radius 2 is 2.15 bits per heavy atom. The fraction of sp³-hybridized carbons (Fsp3) is 0.889. The van der Waals surface area contributed by atoms with Gasteiger partial charge in [-0.05, 0) is 20.8 Å². The maximum absolute atomic E-state index is 11.0. The second-order valence-electron chi connectivity index (χ2n) is 2.91. The Bertz CT molecular complexity index is 137. The lowest BCUT2D eigenvalue weighted by atomic mass is 10.5. The van der Waals surface area contributed by atoms with Gasteiger partial charge in [-0.25, -0.2) is 0 Å². The molecule has 78 valence electrons. The molecule has 0 saturated heterocycles. The summed E-state index contributed by atoms with van der Waals surface area (Å²) in [5.74, 6) is -0.0887. The lowest BCUT2D eigenvalue weighted by molar-refractivity contribution is -0.125. The summed E-state index contributed by atoms with van der Waals surface area (Å²) in [5.41, 5.74) is 0. The molecule has 0 radical (unpaired) electrons. The van der Waals surface area contributed by atoms with Gasteiger partial charge in [0.25, 0.3) is 0 Å². The number of hydrogen-bond acceptors (Lipinski definition) is 3. The molecule has 0 atom stereocenters. The summed E-state index contributed by atoms with van der Waals surface area (Å²) in [6.07, 6.45) is 0.212. The molecule has 4 heteroatoms. The number of rotatable bonds is 7. The minimum absolute atomic E-state index is 0.0887. The Morgan fingerprint density at radius 1 is 1.46 bits per heavy atom. The van der Waals surface area contributed by atoms with Crippen LogP contribution in [0.3, 0.4) is 0 Å². The van der Waals surface area contributed by atoms with Crippen LogP contribution in [0.25, 0.3) is 0 Å². The molecule has 1 N–H and O–H groups in total. The Morgan fingerprint density at radius 3 is 2.69 bits per heavy atom. The maximum atomic E-state index is 11.0. The standard InChI is InChI=1S/C9H19NO3/c1-4-12-7-9(11)10-5-6-13-8(2)3/h8H,4-7H2,1-3H3,(H,10,11). The van der Waals surface area contributed by atoms with Gasteiger partial charge in [0.2, 0.25) is 5.91 Å². The van der Waals surface area contributed by atoms with Crippen LogP contribution in [0.2, 0.25) is 0 Å². The Kier molecular flexibility index (Phi) is 7.63. The second-order valence-corrected chi connectivity index (χ2v) is 2.91. The van der Waals surface area contributed by atoms with Crippen LogP contribution in [0.5, 0.6) is 0 Å². The lowest BCUT2D eigenvalue weighted by Gasteiger charge is -2.08. The Hall–Kier alpha value is -0.610. The summed E-state index contributed by atoms with van der Waals surface area (Å²) >= 11 is 0. The first kappa shape index (κ1) is 12.4. The molecule has 0 aliphatic heterocycles. The van der Waals surface area contributed by atoms with Gasteiger partial charge in [-0.15, -0.1) is 0 Å². The summed E-state index contributed by atoms with van der Waals surface area (Å²) in [7, 11) is 0. The minimum atomic E-state index is -0.0887. The van der Waals surface area contributed by atoms with E-state index in [4.69, 9.17) is 9.47 Å². The van der Waals surface area contributed by atoms with Crippen LogP contribution in [0, 0.1) is 0 Å². The van der Waals surface area contributed by atoms with Gasteiger partial charge in [0, 0.05) is 13.2 Å². The molecule has 0 aromatic rings. The molecule has 0 bridgehead atoms. The van der Waals surface area contributed by atoms with Crippen LogP contribution in [0.1, 0.15) is 20.8 Å². The summed E-state index contributed by atoms with van der Waals surface area (Å²) in [4.78, 5) is 11.0. The van der Waals surface area contributed by atoms with E-state index in [1.165, 1.54) is 0 Å². The largest absolute Gasteiger partial charge is 0.377 e. The molecule has 0 aromatic heterocycles. The fourth-order valence-corrected chi connectivity index (χ4v) is 0.731. The van der Waals surface area contributed by atoms with Gasteiger partial charge >= 0.3 is 0 Å². The lowest BCUT2D eigenvalue weighted by Crippen LogP contribution is -2.31. The first-order valence-corrected chi connectivity index (χ1v) is 4.62. The summed E-state index contributed by atoms with van der Waals surface area (Å²) in [5, 5.41) is 2.68. The van der Waals surface area contributed by atoms with Crippen molar-refractivity contribution in [3.8, 4) is 0 Å². The molecule has 0 aliphatic carbocycles. The third-order valence-corrected chi connectivity index (χ3v) is 1.31. The van der Waals surface area contributed by atoms with E-state index in [-0.39, 0.29) is 18.6 Å². The predicted octanol–water partition coefficient (Wildman–Crippen LogP) is 0.564. The predicted molar refractivity (Wildman–Crippen MR) is 50.6 cm³/mol. The van der Waals surface area contributed by atoms with Crippen molar-refractivity contribution in [2.24, 2.45) is 0 Å². The highest BCUT2D eigenvalue weighted by Crippen LogP contribution is 1.84. The second kappa shape index (κ2) is 8.01. The van der Waals surface area contributed by atoms with Crippen molar-refractivity contribution in [3.05, 3.63) is 0 Å². The summed E-state index contributed by atoms with van der Waals surface area (Å²) in [6.45, 7) is 7.58. The molecule has 1 amide bonds. The minimum Gasteiger partial charge on any atom is -0.377 e. The normalized spacial score (nSPS) is 10.5. The number of ether oxygens (including phenoxy) is 2. The molecular weight excluding hydrogens is 170 g/mol. The van der Waals surface area contributed by atoms with Gasteiger partial charge in [-0.2, -0.15) is 0 Å². The smallest absolute Gasteiger partial charge is 0.246 e. The molecule has 0 aliphatic rings. The molecule has 0 rings (SSSR count). The zero-order valence-electron chi connectivity index (χ0n) is 8.63. The van der Waals surface area contributed by atoms with Crippen LogP contribution in [-0.2, 0) is 14.3 Å². The first-order valence-electron chi connectivity index (χ1n) is 4.62. The van der Waals surface area contributed by atoms with E-state index in [0.29, 0.717) is 19.8 Å². The highest BCUT2D eigenvalue weighted by molar-refractivity contribution is 5.77. The highest BCUT2D eigenvalue weighted by atomic mass is 16.5. The number of nitrogens with one attached hydrogen (secondary N) is 1. The van der Waals surface area contributed by atoms with E-state index in [1.54, 1.807) is 0 Å². The SMILES string of the molecule is CCOCC(=O)NCCOC(C)C. The van der Waals surface area contributed by atoms with Gasteiger partial charge in [-0.3, -0.25) is 4.79 Å². The quantitative estimate of drug-likeness (QED) is 0.595. The molecule has 13 heavy (non-hydrogen) atoms. The molecule has 0 heterocycles. The van der Waals surface area contributed by atoms with Gasteiger partial charge < -0.3 is 14.8 Å². The van der Waals surface area contributed by atoms with Crippen molar-refractivity contribution >= 4 is 5.91 Å². The van der Waals surface area contributed by atoms with Crippen LogP contribution >= 0.6 is 0 Å². The third-order valence-electron chi connectivity index (χ3n) is 1.31. The molecule has 0 unspecified atom stereocenters. The Labute approximate surface area is 79.6 Å². The monoisotopic (exact) mass is 189 g/mol. The van der Waals surface area contributed by atoms with Gasteiger partial charge in [0.15, 0.2) is 0 Å². The maximum Gasteiger partial charge on any atom is 0.246 e. The van der Waals surface area contributed by atoms with E-state index in [1.807, 2.05) is 20.8 Å². The number of carbonyl (C=O) groups excluding carboxylic acids is 1. The molecule has 0 spiro atoms. The first-order chi connectivity index (χ1) is 6.16. The van der Waals surface area contributed by atoms with Gasteiger partial charge in [0.1, 0.15) is 6.61 Å². The molecule has 0 saturated carbocycles. The van der Waals surface area contributed by atoms with E-state index < -0.39 is 0 Å². The number of amides is 1. The van der Waals surface area contributed by atoms with E-state index in [2.05, 4.69) is 5.32 Å². The van der Waals surface area contributed by atoms with Crippen LogP contribution < -0.4 is 5.32 Å².